The van der Waals surface area contributed by atoms with Crippen molar-refractivity contribution in [1.29, 1.82) is 0 Å². The van der Waals surface area contributed by atoms with Gasteiger partial charge < -0.3 is 15.8 Å². The van der Waals surface area contributed by atoms with E-state index in [4.69, 9.17) is 10.5 Å². The standard InChI is InChI=1S/C17H25N5O3/c1-3-13-15(18)12(7-19-4-2)16(24)22(21-13)8-14(23)20-11-5-17(6-11)9-25-10-17/h7,11H,3-6,8-10,18H2,1-2H3,(H,20,23). The van der Waals surface area contributed by atoms with Crippen LogP contribution in [0.4, 0.5) is 5.69 Å². The van der Waals surface area contributed by atoms with Gasteiger partial charge in [0, 0.05) is 24.2 Å². The van der Waals surface area contributed by atoms with Crippen molar-refractivity contribution < 1.29 is 9.53 Å². The van der Waals surface area contributed by atoms with E-state index in [0.717, 1.165) is 26.1 Å². The first-order valence-electron chi connectivity index (χ1n) is 8.74. The Bertz CT molecular complexity index is 743. The number of rotatable bonds is 6. The number of aryl methyl sites for hydroxylation is 1. The van der Waals surface area contributed by atoms with E-state index in [-0.39, 0.29) is 29.5 Å². The minimum Gasteiger partial charge on any atom is -0.397 e. The minimum atomic E-state index is -0.389. The van der Waals surface area contributed by atoms with Crippen molar-refractivity contribution in [2.75, 3.05) is 25.5 Å². The summed E-state index contributed by atoms with van der Waals surface area (Å²) in [7, 11) is 0. The highest BCUT2D eigenvalue weighted by Crippen LogP contribution is 2.46. The minimum absolute atomic E-state index is 0.112. The van der Waals surface area contributed by atoms with Crippen LogP contribution in [0.2, 0.25) is 0 Å². The van der Waals surface area contributed by atoms with Crippen molar-refractivity contribution in [2.24, 2.45) is 10.4 Å². The fourth-order valence-corrected chi connectivity index (χ4v) is 3.45. The molecule has 1 aliphatic heterocycles. The molecule has 0 aromatic carbocycles. The third-order valence-electron chi connectivity index (χ3n) is 4.88. The van der Waals surface area contributed by atoms with E-state index < -0.39 is 0 Å². The normalized spacial score (nSPS) is 19.0. The lowest BCUT2D eigenvalue weighted by molar-refractivity contribution is -0.169. The summed E-state index contributed by atoms with van der Waals surface area (Å²) < 4.78 is 6.42. The Balaban J connectivity index is 1.71. The number of anilines is 1. The van der Waals surface area contributed by atoms with Crippen LogP contribution in [-0.4, -0.2) is 47.7 Å². The molecule has 0 atom stereocenters. The van der Waals surface area contributed by atoms with Gasteiger partial charge in [0.1, 0.15) is 6.54 Å². The topological polar surface area (TPSA) is 112 Å². The van der Waals surface area contributed by atoms with E-state index in [1.165, 1.54) is 10.9 Å². The van der Waals surface area contributed by atoms with Gasteiger partial charge in [-0.15, -0.1) is 0 Å². The summed E-state index contributed by atoms with van der Waals surface area (Å²) in [6.07, 6.45) is 3.93. The Morgan fingerprint density at radius 2 is 2.20 bits per heavy atom. The fraction of sp³-hybridized carbons (Fsp3) is 0.647. The predicted octanol–water partition coefficient (Wildman–Crippen LogP) is 0.122. The molecule has 0 bridgehead atoms. The van der Waals surface area contributed by atoms with E-state index in [1.54, 1.807) is 0 Å². The predicted molar refractivity (Wildman–Crippen MR) is 94.8 cm³/mol. The average molecular weight is 347 g/mol. The number of ether oxygens (including phenoxy) is 1. The molecule has 0 radical (unpaired) electrons. The first-order valence-corrected chi connectivity index (χ1v) is 8.74. The van der Waals surface area contributed by atoms with Gasteiger partial charge in [-0.1, -0.05) is 6.92 Å². The van der Waals surface area contributed by atoms with Gasteiger partial charge in [-0.3, -0.25) is 14.6 Å². The Labute approximate surface area is 146 Å². The van der Waals surface area contributed by atoms with Gasteiger partial charge in [-0.05, 0) is 26.2 Å². The zero-order chi connectivity index (χ0) is 18.0. The van der Waals surface area contributed by atoms with Gasteiger partial charge >= 0.3 is 0 Å². The van der Waals surface area contributed by atoms with Gasteiger partial charge in [-0.2, -0.15) is 5.10 Å². The zero-order valence-electron chi connectivity index (χ0n) is 14.7. The monoisotopic (exact) mass is 347 g/mol. The van der Waals surface area contributed by atoms with Gasteiger partial charge in [0.15, 0.2) is 0 Å². The lowest BCUT2D eigenvalue weighted by Gasteiger charge is -2.53. The van der Waals surface area contributed by atoms with Crippen molar-refractivity contribution in [3.8, 4) is 0 Å². The summed E-state index contributed by atoms with van der Waals surface area (Å²) in [5.74, 6) is -0.208. The van der Waals surface area contributed by atoms with Crippen molar-refractivity contribution in [3.05, 3.63) is 21.6 Å². The molecule has 1 saturated heterocycles. The summed E-state index contributed by atoms with van der Waals surface area (Å²) in [5.41, 5.74) is 7.15. The molecule has 1 saturated carbocycles. The molecule has 25 heavy (non-hydrogen) atoms. The lowest BCUT2D eigenvalue weighted by Crippen LogP contribution is -2.60. The summed E-state index contributed by atoms with van der Waals surface area (Å²) in [6.45, 7) is 5.80. The largest absolute Gasteiger partial charge is 0.397 e. The van der Waals surface area contributed by atoms with Crippen LogP contribution in [0.1, 0.15) is 37.9 Å². The zero-order valence-corrected chi connectivity index (χ0v) is 14.7. The number of nitrogens with one attached hydrogen (secondary N) is 1. The second kappa shape index (κ2) is 6.95. The fourth-order valence-electron chi connectivity index (χ4n) is 3.45. The number of carbonyl (C=O) groups excluding carboxylic acids is 1. The molecule has 0 unspecified atom stereocenters. The van der Waals surface area contributed by atoms with Gasteiger partial charge in [0.25, 0.3) is 5.56 Å². The molecule has 1 aromatic rings. The van der Waals surface area contributed by atoms with Crippen LogP contribution in [0.15, 0.2) is 9.79 Å². The van der Waals surface area contributed by atoms with E-state index in [1.807, 2.05) is 13.8 Å². The molecule has 8 heteroatoms. The molecule has 3 N–H and O–H groups in total. The molecule has 136 valence electrons. The third kappa shape index (κ3) is 3.44. The van der Waals surface area contributed by atoms with Crippen molar-refractivity contribution in [2.45, 2.75) is 45.7 Å². The second-order valence-corrected chi connectivity index (χ2v) is 6.88. The van der Waals surface area contributed by atoms with E-state index in [2.05, 4.69) is 15.4 Å². The quantitative estimate of drug-likeness (QED) is 0.710. The number of carbonyl (C=O) groups is 1. The second-order valence-electron chi connectivity index (χ2n) is 6.88. The van der Waals surface area contributed by atoms with Crippen molar-refractivity contribution >= 4 is 17.8 Å². The highest BCUT2D eigenvalue weighted by molar-refractivity contribution is 5.87. The smallest absolute Gasteiger partial charge is 0.278 e. The highest BCUT2D eigenvalue weighted by atomic mass is 16.5. The van der Waals surface area contributed by atoms with Crippen LogP contribution >= 0.6 is 0 Å². The molecule has 2 heterocycles. The molecular formula is C17H25N5O3. The number of aliphatic imine (C=N–C) groups is 1. The highest BCUT2D eigenvalue weighted by Gasteiger charge is 2.50. The molecular weight excluding hydrogens is 322 g/mol. The molecule has 1 aromatic heterocycles. The molecule has 8 nitrogen and oxygen atoms in total. The first-order chi connectivity index (χ1) is 12.0. The maximum atomic E-state index is 12.6. The Kier molecular flexibility index (Phi) is 4.89. The van der Waals surface area contributed by atoms with Crippen LogP contribution < -0.4 is 16.6 Å². The van der Waals surface area contributed by atoms with E-state index >= 15 is 0 Å². The van der Waals surface area contributed by atoms with Crippen LogP contribution in [-0.2, 0) is 22.5 Å². The van der Waals surface area contributed by atoms with Crippen LogP contribution in [0.25, 0.3) is 0 Å². The Morgan fingerprint density at radius 1 is 1.48 bits per heavy atom. The van der Waals surface area contributed by atoms with E-state index in [9.17, 15) is 9.59 Å². The SMILES string of the molecule is CCN=Cc1c(N)c(CC)nn(CC(=O)NC2CC3(COC3)C2)c1=O. The summed E-state index contributed by atoms with van der Waals surface area (Å²) in [6, 6.07) is 0.160. The van der Waals surface area contributed by atoms with Crippen LogP contribution in [0.3, 0.4) is 0 Å². The third-order valence-corrected chi connectivity index (χ3v) is 4.88. The van der Waals surface area contributed by atoms with Gasteiger partial charge in [-0.25, -0.2) is 4.68 Å². The number of nitrogens with zero attached hydrogens (tertiary/aromatic N) is 3. The van der Waals surface area contributed by atoms with E-state index in [0.29, 0.717) is 29.9 Å². The van der Waals surface area contributed by atoms with Gasteiger partial charge in [0.2, 0.25) is 5.91 Å². The molecule has 1 spiro atoms. The number of amides is 1. The van der Waals surface area contributed by atoms with Crippen LogP contribution in [0.5, 0.6) is 0 Å². The van der Waals surface area contributed by atoms with Gasteiger partial charge in [0.05, 0.1) is 30.2 Å². The Morgan fingerprint density at radius 3 is 2.76 bits per heavy atom. The molecule has 2 aliphatic rings. The Hall–Kier alpha value is -2.22. The first kappa shape index (κ1) is 17.6. The number of hydrogen-bond donors (Lipinski definition) is 2. The maximum Gasteiger partial charge on any atom is 0.278 e. The van der Waals surface area contributed by atoms with Crippen molar-refractivity contribution in [3.63, 3.8) is 0 Å². The summed E-state index contributed by atoms with van der Waals surface area (Å²) >= 11 is 0. The molecule has 1 aliphatic carbocycles. The number of nitrogens with two attached hydrogens (primary N) is 1. The summed E-state index contributed by atoms with van der Waals surface area (Å²) in [5, 5.41) is 7.21. The molecule has 2 fully saturated rings. The van der Waals surface area contributed by atoms with Crippen molar-refractivity contribution in [1.82, 2.24) is 15.1 Å². The molecule has 3 rings (SSSR count). The average Bonchev–Trinajstić information content (AvgIpc) is 2.51. The maximum absolute atomic E-state index is 12.6. The molecule has 1 amide bonds. The lowest BCUT2D eigenvalue weighted by atomic mass is 9.64. The van der Waals surface area contributed by atoms with Crippen LogP contribution in [0, 0.1) is 5.41 Å². The summed E-state index contributed by atoms with van der Waals surface area (Å²) in [4.78, 5) is 29.0. The number of aromatic nitrogens is 2. The number of hydrogen-bond acceptors (Lipinski definition) is 6. The number of nitrogen functional groups attached to an aromatic ring is 1.